The maximum atomic E-state index is 12.6. The van der Waals surface area contributed by atoms with E-state index in [0.717, 1.165) is 0 Å². The lowest BCUT2D eigenvalue weighted by molar-refractivity contribution is -0.123. The number of benzene rings is 2. The molecule has 2 aromatic rings. The number of halogens is 3. The van der Waals surface area contributed by atoms with Crippen molar-refractivity contribution in [1.29, 1.82) is 0 Å². The summed E-state index contributed by atoms with van der Waals surface area (Å²) in [5.41, 5.74) is 5.07. The summed E-state index contributed by atoms with van der Waals surface area (Å²) in [5.74, 6) is -0.000305. The minimum absolute atomic E-state index is 0.0994. The lowest BCUT2D eigenvalue weighted by atomic mass is 10.2. The first-order chi connectivity index (χ1) is 14.7. The fourth-order valence-electron chi connectivity index (χ4n) is 2.16. The Morgan fingerprint density at radius 3 is 2.45 bits per heavy atom. The van der Waals surface area contributed by atoms with Gasteiger partial charge in [-0.3, -0.25) is 25.8 Å². The van der Waals surface area contributed by atoms with Gasteiger partial charge in [-0.05, 0) is 54.5 Å². The molecular formula is C20H20BrCl2N3O4S. The van der Waals surface area contributed by atoms with E-state index in [4.69, 9.17) is 44.9 Å². The highest BCUT2D eigenvalue weighted by molar-refractivity contribution is 9.10. The van der Waals surface area contributed by atoms with Crippen molar-refractivity contribution in [1.82, 2.24) is 16.2 Å². The Labute approximate surface area is 203 Å². The average Bonchev–Trinajstić information content (AvgIpc) is 2.70. The zero-order valence-corrected chi connectivity index (χ0v) is 20.5. The predicted octanol–water partition coefficient (Wildman–Crippen LogP) is 4.51. The van der Waals surface area contributed by atoms with Crippen LogP contribution in [0.1, 0.15) is 24.2 Å². The fraction of sp³-hybridized carbons (Fsp3) is 0.250. The van der Waals surface area contributed by atoms with Gasteiger partial charge in [0.1, 0.15) is 11.5 Å². The van der Waals surface area contributed by atoms with Crippen LogP contribution in [0, 0.1) is 5.92 Å². The van der Waals surface area contributed by atoms with Gasteiger partial charge in [-0.25, -0.2) is 0 Å². The summed E-state index contributed by atoms with van der Waals surface area (Å²) < 4.78 is 11.7. The smallest absolute Gasteiger partial charge is 0.276 e. The third-order valence-electron chi connectivity index (χ3n) is 3.55. The summed E-state index contributed by atoms with van der Waals surface area (Å²) in [7, 11) is 0. The van der Waals surface area contributed by atoms with E-state index in [2.05, 4.69) is 32.1 Å². The number of hydrogen-bond donors (Lipinski definition) is 3. The van der Waals surface area contributed by atoms with Gasteiger partial charge in [0.05, 0.1) is 17.2 Å². The number of amides is 2. The van der Waals surface area contributed by atoms with Crippen molar-refractivity contribution >= 4 is 68.3 Å². The SMILES string of the molecule is CC(C)COc1ccc(Br)cc1C(=O)NC(=S)NNC(=O)COc1ccc(Cl)cc1Cl. The van der Waals surface area contributed by atoms with E-state index in [1.807, 2.05) is 13.8 Å². The van der Waals surface area contributed by atoms with E-state index >= 15 is 0 Å². The Bertz CT molecular complexity index is 975. The van der Waals surface area contributed by atoms with Crippen LogP contribution in [0.2, 0.25) is 10.0 Å². The van der Waals surface area contributed by atoms with E-state index in [1.54, 1.807) is 30.3 Å². The maximum absolute atomic E-state index is 12.6. The quantitative estimate of drug-likeness (QED) is 0.348. The molecule has 0 unspecified atom stereocenters. The molecule has 11 heteroatoms. The molecule has 0 bridgehead atoms. The molecule has 2 rings (SSSR count). The number of hydrogen-bond acceptors (Lipinski definition) is 5. The van der Waals surface area contributed by atoms with Gasteiger partial charge in [0.2, 0.25) is 0 Å². The molecule has 0 aromatic heterocycles. The van der Waals surface area contributed by atoms with Crippen LogP contribution in [0.5, 0.6) is 11.5 Å². The number of ether oxygens (including phenoxy) is 2. The number of thiocarbonyl (C=S) groups is 1. The van der Waals surface area contributed by atoms with Gasteiger partial charge in [-0.1, -0.05) is 53.0 Å². The molecule has 31 heavy (non-hydrogen) atoms. The Hall–Kier alpha value is -2.07. The van der Waals surface area contributed by atoms with Gasteiger partial charge < -0.3 is 9.47 Å². The van der Waals surface area contributed by atoms with E-state index < -0.39 is 11.8 Å². The maximum Gasteiger partial charge on any atom is 0.276 e. The second kappa shape index (κ2) is 12.1. The lowest BCUT2D eigenvalue weighted by Crippen LogP contribution is -2.49. The molecule has 0 fully saturated rings. The highest BCUT2D eigenvalue weighted by Crippen LogP contribution is 2.27. The zero-order chi connectivity index (χ0) is 23.0. The summed E-state index contributed by atoms with van der Waals surface area (Å²) >= 11 is 20.2. The van der Waals surface area contributed by atoms with Crippen LogP contribution in [-0.2, 0) is 4.79 Å². The molecule has 0 heterocycles. The van der Waals surface area contributed by atoms with Crippen molar-refractivity contribution in [2.24, 2.45) is 5.92 Å². The Morgan fingerprint density at radius 1 is 1.06 bits per heavy atom. The molecule has 7 nitrogen and oxygen atoms in total. The van der Waals surface area contributed by atoms with Crippen molar-refractivity contribution in [2.45, 2.75) is 13.8 Å². The number of carbonyl (C=O) groups excluding carboxylic acids is 2. The number of rotatable bonds is 7. The first kappa shape index (κ1) is 25.2. The molecule has 0 aliphatic heterocycles. The molecule has 0 saturated carbocycles. The van der Waals surface area contributed by atoms with Crippen LogP contribution in [0.4, 0.5) is 0 Å². The van der Waals surface area contributed by atoms with Gasteiger partial charge in [0.15, 0.2) is 11.7 Å². The Morgan fingerprint density at radius 2 is 1.77 bits per heavy atom. The lowest BCUT2D eigenvalue weighted by Gasteiger charge is -2.15. The summed E-state index contributed by atoms with van der Waals surface area (Å²) in [5, 5.41) is 3.12. The van der Waals surface area contributed by atoms with Crippen LogP contribution in [0.3, 0.4) is 0 Å². The van der Waals surface area contributed by atoms with Crippen molar-refractivity contribution < 1.29 is 19.1 Å². The van der Waals surface area contributed by atoms with Gasteiger partial charge >= 0.3 is 0 Å². The van der Waals surface area contributed by atoms with Crippen LogP contribution in [0.15, 0.2) is 40.9 Å². The number of hydrazine groups is 1. The second-order valence-electron chi connectivity index (χ2n) is 6.67. The molecule has 2 aromatic carbocycles. The standard InChI is InChI=1S/C20H20BrCl2N3O4S/c1-11(2)9-29-16-5-3-12(21)7-14(16)19(28)24-20(31)26-25-18(27)10-30-17-6-4-13(22)8-15(17)23/h3-8,11H,9-10H2,1-2H3,(H,25,27)(H2,24,26,28,31). The molecule has 0 aliphatic carbocycles. The van der Waals surface area contributed by atoms with Crippen LogP contribution in [-0.4, -0.2) is 30.1 Å². The molecule has 0 radical (unpaired) electrons. The van der Waals surface area contributed by atoms with Gasteiger partial charge in [0.25, 0.3) is 11.8 Å². The van der Waals surface area contributed by atoms with Gasteiger partial charge in [-0.15, -0.1) is 0 Å². The van der Waals surface area contributed by atoms with Crippen molar-refractivity contribution in [3.63, 3.8) is 0 Å². The summed E-state index contributed by atoms with van der Waals surface area (Å²) in [6.07, 6.45) is 0. The predicted molar refractivity (Wildman–Crippen MR) is 128 cm³/mol. The molecule has 0 atom stereocenters. The Kier molecular flexibility index (Phi) is 9.83. The summed E-state index contributed by atoms with van der Waals surface area (Å²) in [6.45, 7) is 4.14. The van der Waals surface area contributed by atoms with E-state index in [0.29, 0.717) is 39.1 Å². The van der Waals surface area contributed by atoms with Crippen molar-refractivity contribution in [2.75, 3.05) is 13.2 Å². The monoisotopic (exact) mass is 547 g/mol. The zero-order valence-electron chi connectivity index (χ0n) is 16.6. The number of nitrogens with one attached hydrogen (secondary N) is 3. The highest BCUT2D eigenvalue weighted by atomic mass is 79.9. The summed E-state index contributed by atoms with van der Waals surface area (Å²) in [6, 6.07) is 9.73. The molecule has 0 saturated heterocycles. The Balaban J connectivity index is 1.86. The third-order valence-corrected chi connectivity index (χ3v) is 4.78. The normalized spacial score (nSPS) is 10.4. The molecule has 0 spiro atoms. The molecule has 0 aliphatic rings. The first-order valence-electron chi connectivity index (χ1n) is 9.06. The van der Waals surface area contributed by atoms with Crippen LogP contribution < -0.4 is 25.6 Å². The van der Waals surface area contributed by atoms with Crippen LogP contribution >= 0.6 is 51.3 Å². The first-order valence-corrected chi connectivity index (χ1v) is 11.0. The van der Waals surface area contributed by atoms with E-state index in [1.165, 1.54) is 6.07 Å². The van der Waals surface area contributed by atoms with E-state index in [9.17, 15) is 9.59 Å². The number of carbonyl (C=O) groups is 2. The minimum atomic E-state index is -0.536. The highest BCUT2D eigenvalue weighted by Gasteiger charge is 2.16. The fourth-order valence-corrected chi connectivity index (χ4v) is 3.13. The average molecular weight is 549 g/mol. The van der Waals surface area contributed by atoms with Crippen molar-refractivity contribution in [3.05, 3.63) is 56.5 Å². The van der Waals surface area contributed by atoms with E-state index in [-0.39, 0.29) is 16.7 Å². The van der Waals surface area contributed by atoms with Crippen LogP contribution in [0.25, 0.3) is 0 Å². The molecule has 166 valence electrons. The topological polar surface area (TPSA) is 88.7 Å². The molecule has 3 N–H and O–H groups in total. The van der Waals surface area contributed by atoms with Gasteiger partial charge in [0, 0.05) is 9.50 Å². The largest absolute Gasteiger partial charge is 0.492 e. The van der Waals surface area contributed by atoms with Crippen molar-refractivity contribution in [3.8, 4) is 11.5 Å². The van der Waals surface area contributed by atoms with Gasteiger partial charge in [-0.2, -0.15) is 0 Å². The molecule has 2 amide bonds. The third kappa shape index (κ3) is 8.53. The summed E-state index contributed by atoms with van der Waals surface area (Å²) in [4.78, 5) is 24.5. The molecular weight excluding hydrogens is 529 g/mol. The minimum Gasteiger partial charge on any atom is -0.492 e. The second-order valence-corrected chi connectivity index (χ2v) is 8.83.